The molecule has 0 aromatic heterocycles. The first-order valence-corrected chi connectivity index (χ1v) is 6.75. The van der Waals surface area contributed by atoms with Gasteiger partial charge in [0.15, 0.2) is 0 Å². The van der Waals surface area contributed by atoms with Gasteiger partial charge >= 0.3 is 5.97 Å². The molecule has 1 aliphatic heterocycles. The SMILES string of the molecule is O=C(Cc1ccccc1)OCCC1CCCNC1. The fourth-order valence-electron chi connectivity index (χ4n) is 2.32. The Hall–Kier alpha value is -1.35. The first-order chi connectivity index (χ1) is 8.84. The molecule has 2 rings (SSSR count). The molecule has 1 aromatic rings. The van der Waals surface area contributed by atoms with Crippen LogP contribution in [0.15, 0.2) is 30.3 Å². The van der Waals surface area contributed by atoms with E-state index in [4.69, 9.17) is 4.74 Å². The molecule has 1 atom stereocenters. The van der Waals surface area contributed by atoms with Gasteiger partial charge in [-0.2, -0.15) is 0 Å². The number of carbonyl (C=O) groups is 1. The van der Waals surface area contributed by atoms with Crippen molar-refractivity contribution in [3.05, 3.63) is 35.9 Å². The van der Waals surface area contributed by atoms with Crippen LogP contribution in [0.2, 0.25) is 0 Å². The van der Waals surface area contributed by atoms with Gasteiger partial charge in [0, 0.05) is 0 Å². The lowest BCUT2D eigenvalue weighted by atomic mass is 9.97. The van der Waals surface area contributed by atoms with E-state index in [1.807, 2.05) is 30.3 Å². The third-order valence-electron chi connectivity index (χ3n) is 3.38. The van der Waals surface area contributed by atoms with Crippen LogP contribution in [0.25, 0.3) is 0 Å². The third kappa shape index (κ3) is 4.49. The molecule has 1 aliphatic rings. The Morgan fingerprint density at radius 2 is 2.17 bits per heavy atom. The monoisotopic (exact) mass is 247 g/mol. The highest BCUT2D eigenvalue weighted by Gasteiger charge is 2.13. The average Bonchev–Trinajstić information content (AvgIpc) is 2.41. The highest BCUT2D eigenvalue weighted by molar-refractivity contribution is 5.72. The van der Waals surface area contributed by atoms with Gasteiger partial charge in [-0.3, -0.25) is 4.79 Å². The van der Waals surface area contributed by atoms with Crippen molar-refractivity contribution >= 4 is 5.97 Å². The molecule has 0 saturated carbocycles. The molecular formula is C15H21NO2. The number of rotatable bonds is 5. The van der Waals surface area contributed by atoms with Crippen LogP contribution >= 0.6 is 0 Å². The molecule has 1 unspecified atom stereocenters. The normalized spacial score (nSPS) is 19.4. The number of hydrogen-bond acceptors (Lipinski definition) is 3. The van der Waals surface area contributed by atoms with Gasteiger partial charge in [0.1, 0.15) is 0 Å². The summed E-state index contributed by atoms with van der Waals surface area (Å²) in [5.74, 6) is 0.549. The maximum Gasteiger partial charge on any atom is 0.310 e. The molecule has 1 heterocycles. The fraction of sp³-hybridized carbons (Fsp3) is 0.533. The van der Waals surface area contributed by atoms with Crippen LogP contribution < -0.4 is 5.32 Å². The number of piperidine rings is 1. The molecule has 98 valence electrons. The first-order valence-electron chi connectivity index (χ1n) is 6.75. The predicted molar refractivity (Wildman–Crippen MR) is 71.3 cm³/mol. The van der Waals surface area contributed by atoms with E-state index >= 15 is 0 Å². The first kappa shape index (κ1) is 13.1. The van der Waals surface area contributed by atoms with Crippen molar-refractivity contribution in [2.45, 2.75) is 25.7 Å². The maximum absolute atomic E-state index is 11.6. The molecule has 3 nitrogen and oxygen atoms in total. The summed E-state index contributed by atoms with van der Waals surface area (Å²) >= 11 is 0. The van der Waals surface area contributed by atoms with E-state index in [0.29, 0.717) is 18.9 Å². The topological polar surface area (TPSA) is 38.3 Å². The van der Waals surface area contributed by atoms with E-state index in [-0.39, 0.29) is 5.97 Å². The summed E-state index contributed by atoms with van der Waals surface area (Å²) < 4.78 is 5.28. The minimum absolute atomic E-state index is 0.120. The van der Waals surface area contributed by atoms with Gasteiger partial charge < -0.3 is 10.1 Å². The van der Waals surface area contributed by atoms with Gasteiger partial charge in [0.2, 0.25) is 0 Å². The van der Waals surface area contributed by atoms with Crippen molar-refractivity contribution in [3.8, 4) is 0 Å². The van der Waals surface area contributed by atoms with Crippen LogP contribution in [0.3, 0.4) is 0 Å². The fourth-order valence-corrected chi connectivity index (χ4v) is 2.32. The number of hydrogen-bond donors (Lipinski definition) is 1. The van der Waals surface area contributed by atoms with Crippen LogP contribution in [0.5, 0.6) is 0 Å². The van der Waals surface area contributed by atoms with Crippen LogP contribution in [-0.4, -0.2) is 25.7 Å². The lowest BCUT2D eigenvalue weighted by Crippen LogP contribution is -2.30. The molecule has 0 amide bonds. The van der Waals surface area contributed by atoms with Crippen LogP contribution in [0.1, 0.15) is 24.8 Å². The summed E-state index contributed by atoms with van der Waals surface area (Å²) in [6.07, 6.45) is 3.85. The van der Waals surface area contributed by atoms with E-state index in [9.17, 15) is 4.79 Å². The smallest absolute Gasteiger partial charge is 0.310 e. The zero-order chi connectivity index (χ0) is 12.6. The van der Waals surface area contributed by atoms with Crippen molar-refractivity contribution < 1.29 is 9.53 Å². The van der Waals surface area contributed by atoms with Crippen molar-refractivity contribution in [1.29, 1.82) is 0 Å². The number of benzene rings is 1. The van der Waals surface area contributed by atoms with E-state index in [1.54, 1.807) is 0 Å². The van der Waals surface area contributed by atoms with E-state index in [0.717, 1.165) is 25.1 Å². The van der Waals surface area contributed by atoms with E-state index in [2.05, 4.69) is 5.32 Å². The number of carbonyl (C=O) groups excluding carboxylic acids is 1. The van der Waals surface area contributed by atoms with Crippen LogP contribution in [-0.2, 0) is 16.0 Å². The van der Waals surface area contributed by atoms with Crippen molar-refractivity contribution in [2.75, 3.05) is 19.7 Å². The van der Waals surface area contributed by atoms with Gasteiger partial charge in [-0.25, -0.2) is 0 Å². The Bertz CT molecular complexity index is 358. The highest BCUT2D eigenvalue weighted by Crippen LogP contribution is 2.13. The minimum atomic E-state index is -0.120. The third-order valence-corrected chi connectivity index (χ3v) is 3.38. The molecule has 3 heteroatoms. The second-order valence-electron chi connectivity index (χ2n) is 4.88. The molecule has 0 radical (unpaired) electrons. The molecule has 0 aliphatic carbocycles. The van der Waals surface area contributed by atoms with Gasteiger partial charge in [-0.1, -0.05) is 30.3 Å². The molecule has 1 saturated heterocycles. The van der Waals surface area contributed by atoms with Gasteiger partial charge in [-0.15, -0.1) is 0 Å². The van der Waals surface area contributed by atoms with Crippen molar-refractivity contribution in [2.24, 2.45) is 5.92 Å². The summed E-state index contributed by atoms with van der Waals surface area (Å²) in [5.41, 5.74) is 1.02. The minimum Gasteiger partial charge on any atom is -0.465 e. The Morgan fingerprint density at radius 3 is 2.89 bits per heavy atom. The summed E-state index contributed by atoms with van der Waals surface area (Å²) in [7, 11) is 0. The van der Waals surface area contributed by atoms with Gasteiger partial charge in [0.05, 0.1) is 13.0 Å². The molecular weight excluding hydrogens is 226 g/mol. The molecule has 18 heavy (non-hydrogen) atoms. The standard InChI is InChI=1S/C15H21NO2/c17-15(11-13-5-2-1-3-6-13)18-10-8-14-7-4-9-16-12-14/h1-3,5-6,14,16H,4,7-12H2. The van der Waals surface area contributed by atoms with Gasteiger partial charge in [0.25, 0.3) is 0 Å². The number of esters is 1. The Morgan fingerprint density at radius 1 is 1.33 bits per heavy atom. The van der Waals surface area contributed by atoms with E-state index in [1.165, 1.54) is 12.8 Å². The Balaban J connectivity index is 1.62. The molecule has 1 N–H and O–H groups in total. The van der Waals surface area contributed by atoms with E-state index < -0.39 is 0 Å². The second-order valence-corrected chi connectivity index (χ2v) is 4.88. The van der Waals surface area contributed by atoms with Crippen LogP contribution in [0.4, 0.5) is 0 Å². The Kier molecular flexibility index (Phi) is 5.21. The average molecular weight is 247 g/mol. The van der Waals surface area contributed by atoms with Gasteiger partial charge in [-0.05, 0) is 43.8 Å². The van der Waals surface area contributed by atoms with Crippen LogP contribution in [0, 0.1) is 5.92 Å². The molecule has 0 spiro atoms. The molecule has 0 bridgehead atoms. The summed E-state index contributed by atoms with van der Waals surface area (Å²) in [6, 6.07) is 9.73. The molecule has 1 aromatic carbocycles. The van der Waals surface area contributed by atoms with Crippen molar-refractivity contribution in [1.82, 2.24) is 5.32 Å². The summed E-state index contributed by atoms with van der Waals surface area (Å²) in [6.45, 7) is 2.75. The molecule has 1 fully saturated rings. The maximum atomic E-state index is 11.6. The quantitative estimate of drug-likeness (QED) is 0.810. The number of nitrogens with one attached hydrogen (secondary N) is 1. The highest BCUT2D eigenvalue weighted by atomic mass is 16.5. The Labute approximate surface area is 109 Å². The zero-order valence-corrected chi connectivity index (χ0v) is 10.7. The van der Waals surface area contributed by atoms with Crippen molar-refractivity contribution in [3.63, 3.8) is 0 Å². The summed E-state index contributed by atoms with van der Waals surface area (Å²) in [5, 5.41) is 3.37. The lowest BCUT2D eigenvalue weighted by molar-refractivity contribution is -0.143. The largest absolute Gasteiger partial charge is 0.465 e. The second kappa shape index (κ2) is 7.17. The predicted octanol–water partition coefficient (Wildman–Crippen LogP) is 2.16. The lowest BCUT2D eigenvalue weighted by Gasteiger charge is -2.22. The zero-order valence-electron chi connectivity index (χ0n) is 10.7. The number of ether oxygens (including phenoxy) is 1. The summed E-state index contributed by atoms with van der Waals surface area (Å²) in [4.78, 5) is 11.6.